The van der Waals surface area contributed by atoms with Crippen LogP contribution in [-0.2, 0) is 23.9 Å². The van der Waals surface area contributed by atoms with Gasteiger partial charge in [0.05, 0.1) is 6.61 Å². The van der Waals surface area contributed by atoms with Crippen molar-refractivity contribution in [3.63, 3.8) is 0 Å². The third-order valence-electron chi connectivity index (χ3n) is 4.85. The van der Waals surface area contributed by atoms with E-state index in [2.05, 4.69) is 5.32 Å². The molecule has 2 rings (SSSR count). The molecule has 0 aromatic heterocycles. The predicted molar refractivity (Wildman–Crippen MR) is 97.3 cm³/mol. The molecule has 2 N–H and O–H groups in total. The minimum absolute atomic E-state index is 0.223. The fourth-order valence-corrected chi connectivity index (χ4v) is 3.20. The number of carboxylic acid groups (broad SMARTS) is 1. The van der Waals surface area contributed by atoms with Crippen molar-refractivity contribution in [2.45, 2.75) is 76.9 Å². The summed E-state index contributed by atoms with van der Waals surface area (Å²) in [5.74, 6) is -2.10. The van der Waals surface area contributed by atoms with Gasteiger partial charge in [-0.05, 0) is 40.5 Å². The number of rotatable bonds is 4. The molecule has 2 saturated heterocycles. The second-order valence-electron chi connectivity index (χ2n) is 8.12. The van der Waals surface area contributed by atoms with Crippen molar-refractivity contribution in [1.29, 1.82) is 0 Å². The van der Waals surface area contributed by atoms with E-state index in [-0.39, 0.29) is 13.0 Å². The molecular weight excluding hydrogens is 370 g/mol. The molecule has 158 valence electrons. The van der Waals surface area contributed by atoms with Crippen LogP contribution in [0, 0.1) is 0 Å². The van der Waals surface area contributed by atoms with Crippen LogP contribution < -0.4 is 5.32 Å². The van der Waals surface area contributed by atoms with Crippen molar-refractivity contribution in [2.75, 3.05) is 13.7 Å². The summed E-state index contributed by atoms with van der Waals surface area (Å²) in [6, 6.07) is -2.75. The first kappa shape index (κ1) is 21.9. The molecule has 0 bridgehead atoms. The molecule has 2 aliphatic heterocycles. The summed E-state index contributed by atoms with van der Waals surface area (Å²) in [6.45, 7) is 6.91. The van der Waals surface area contributed by atoms with Gasteiger partial charge in [0.1, 0.15) is 30.0 Å². The summed E-state index contributed by atoms with van der Waals surface area (Å²) in [4.78, 5) is 51.4. The summed E-state index contributed by atoms with van der Waals surface area (Å²) in [5.41, 5.74) is -0.702. The Morgan fingerprint density at radius 2 is 1.93 bits per heavy atom. The number of aliphatic carboxylic acids is 1. The first-order valence-electron chi connectivity index (χ1n) is 9.35. The standard InChI is InChI=1S/C18H29N3O7/c1-10(20(5)17(26)28-18(2,3)4)14(22)19-11-8-9-27-13-7-6-12(16(24)25)21(13)15(11)23/h10-13H,6-9H2,1-5H3,(H,19,22)(H,24,25)/t10-,11-,12-,13-/m0/s1. The van der Waals surface area contributed by atoms with Gasteiger partial charge in [0.25, 0.3) is 0 Å². The Morgan fingerprint density at radius 1 is 1.29 bits per heavy atom. The van der Waals surface area contributed by atoms with Gasteiger partial charge in [-0.3, -0.25) is 14.5 Å². The van der Waals surface area contributed by atoms with Gasteiger partial charge >= 0.3 is 12.1 Å². The Bertz CT molecular complexity index is 646. The summed E-state index contributed by atoms with van der Waals surface area (Å²) < 4.78 is 10.8. The molecule has 3 amide bonds. The number of hydrogen-bond donors (Lipinski definition) is 2. The van der Waals surface area contributed by atoms with Crippen molar-refractivity contribution in [2.24, 2.45) is 0 Å². The van der Waals surface area contributed by atoms with E-state index in [9.17, 15) is 24.3 Å². The maximum atomic E-state index is 12.9. The van der Waals surface area contributed by atoms with Crippen LogP contribution in [0.1, 0.15) is 47.0 Å². The van der Waals surface area contributed by atoms with Gasteiger partial charge in [0, 0.05) is 13.5 Å². The molecular formula is C18H29N3O7. The number of ether oxygens (including phenoxy) is 2. The molecule has 2 aliphatic rings. The predicted octanol–water partition coefficient (Wildman–Crippen LogP) is 0.549. The molecule has 2 heterocycles. The molecule has 10 nitrogen and oxygen atoms in total. The Kier molecular flexibility index (Phi) is 6.53. The highest BCUT2D eigenvalue weighted by Gasteiger charge is 2.46. The Hall–Kier alpha value is -2.36. The lowest BCUT2D eigenvalue weighted by atomic mass is 10.1. The Balaban J connectivity index is 2.04. The van der Waals surface area contributed by atoms with E-state index < -0.39 is 53.8 Å². The zero-order valence-electron chi connectivity index (χ0n) is 16.9. The number of carbonyl (C=O) groups is 4. The van der Waals surface area contributed by atoms with E-state index in [1.54, 1.807) is 20.8 Å². The third-order valence-corrected chi connectivity index (χ3v) is 4.85. The second-order valence-corrected chi connectivity index (χ2v) is 8.12. The molecule has 0 aromatic rings. The smallest absolute Gasteiger partial charge is 0.410 e. The van der Waals surface area contributed by atoms with Crippen LogP contribution in [0.15, 0.2) is 0 Å². The van der Waals surface area contributed by atoms with Crippen molar-refractivity contribution in [3.05, 3.63) is 0 Å². The van der Waals surface area contributed by atoms with Crippen LogP contribution in [0.4, 0.5) is 4.79 Å². The monoisotopic (exact) mass is 399 g/mol. The van der Waals surface area contributed by atoms with E-state index in [4.69, 9.17) is 9.47 Å². The highest BCUT2D eigenvalue weighted by molar-refractivity contribution is 5.93. The van der Waals surface area contributed by atoms with Gasteiger partial charge in [0.15, 0.2) is 0 Å². The number of likely N-dealkylation sites (N-methyl/N-ethyl adjacent to an activating group) is 1. The number of amides is 3. The topological polar surface area (TPSA) is 125 Å². The maximum Gasteiger partial charge on any atom is 0.410 e. The average Bonchev–Trinajstić information content (AvgIpc) is 2.95. The lowest BCUT2D eigenvalue weighted by Gasteiger charge is -2.30. The Morgan fingerprint density at radius 3 is 2.50 bits per heavy atom. The van der Waals surface area contributed by atoms with Crippen LogP contribution in [0.2, 0.25) is 0 Å². The fourth-order valence-electron chi connectivity index (χ4n) is 3.20. The van der Waals surface area contributed by atoms with Crippen LogP contribution in [-0.4, -0.2) is 82.4 Å². The lowest BCUT2D eigenvalue weighted by Crippen LogP contribution is -2.56. The summed E-state index contributed by atoms with van der Waals surface area (Å²) in [7, 11) is 1.44. The first-order valence-corrected chi connectivity index (χ1v) is 9.35. The van der Waals surface area contributed by atoms with Gasteiger partial charge in [-0.1, -0.05) is 0 Å². The summed E-state index contributed by atoms with van der Waals surface area (Å²) in [6.07, 6.45) is -0.258. The molecule has 28 heavy (non-hydrogen) atoms. The minimum Gasteiger partial charge on any atom is -0.480 e. The second kappa shape index (κ2) is 8.34. The number of carboxylic acids is 1. The molecule has 0 spiro atoms. The minimum atomic E-state index is -1.09. The average molecular weight is 399 g/mol. The van der Waals surface area contributed by atoms with Gasteiger partial charge in [-0.25, -0.2) is 9.59 Å². The van der Waals surface area contributed by atoms with Crippen molar-refractivity contribution in [3.8, 4) is 0 Å². The van der Waals surface area contributed by atoms with E-state index in [0.29, 0.717) is 12.8 Å². The lowest BCUT2D eigenvalue weighted by molar-refractivity contribution is -0.155. The van der Waals surface area contributed by atoms with Crippen molar-refractivity contribution >= 4 is 23.9 Å². The number of nitrogens with one attached hydrogen (secondary N) is 1. The van der Waals surface area contributed by atoms with Gasteiger partial charge in [-0.15, -0.1) is 0 Å². The summed E-state index contributed by atoms with van der Waals surface area (Å²) in [5, 5.41) is 12.0. The van der Waals surface area contributed by atoms with E-state index in [1.807, 2.05) is 0 Å². The van der Waals surface area contributed by atoms with Crippen LogP contribution in [0.3, 0.4) is 0 Å². The number of carbonyl (C=O) groups excluding carboxylic acids is 3. The van der Waals surface area contributed by atoms with Gasteiger partial charge in [-0.2, -0.15) is 0 Å². The number of nitrogens with zero attached hydrogens (tertiary/aromatic N) is 2. The van der Waals surface area contributed by atoms with Gasteiger partial charge < -0.3 is 24.8 Å². The van der Waals surface area contributed by atoms with E-state index in [1.165, 1.54) is 18.9 Å². The highest BCUT2D eigenvalue weighted by Crippen LogP contribution is 2.29. The molecule has 0 aliphatic carbocycles. The van der Waals surface area contributed by atoms with Crippen LogP contribution in [0.25, 0.3) is 0 Å². The first-order chi connectivity index (χ1) is 12.9. The zero-order valence-corrected chi connectivity index (χ0v) is 16.9. The molecule has 4 atom stereocenters. The largest absolute Gasteiger partial charge is 0.480 e. The Labute approximate surface area is 164 Å². The van der Waals surface area contributed by atoms with Crippen LogP contribution in [0.5, 0.6) is 0 Å². The molecule has 2 fully saturated rings. The van der Waals surface area contributed by atoms with Crippen LogP contribution >= 0.6 is 0 Å². The van der Waals surface area contributed by atoms with Crippen molar-refractivity contribution in [1.82, 2.24) is 15.1 Å². The quantitative estimate of drug-likeness (QED) is 0.707. The molecule has 0 saturated carbocycles. The third kappa shape index (κ3) is 4.92. The maximum absolute atomic E-state index is 12.9. The van der Waals surface area contributed by atoms with Crippen molar-refractivity contribution < 1.29 is 33.8 Å². The molecule has 0 radical (unpaired) electrons. The normalized spacial score (nSPS) is 26.1. The molecule has 0 unspecified atom stereocenters. The summed E-state index contributed by atoms with van der Waals surface area (Å²) >= 11 is 0. The SMILES string of the molecule is C[C@@H](C(=O)N[C@H]1CCO[C@H]2CC[C@@H](C(=O)O)N2C1=O)N(C)C(=O)OC(C)(C)C. The zero-order chi connectivity index (χ0) is 21.2. The number of fused-ring (bicyclic) bond motifs is 1. The van der Waals surface area contributed by atoms with E-state index >= 15 is 0 Å². The van der Waals surface area contributed by atoms with E-state index in [0.717, 1.165) is 4.90 Å². The number of hydrogen-bond acceptors (Lipinski definition) is 6. The fraction of sp³-hybridized carbons (Fsp3) is 0.778. The highest BCUT2D eigenvalue weighted by atomic mass is 16.6. The molecule has 0 aromatic carbocycles. The van der Waals surface area contributed by atoms with Gasteiger partial charge in [0.2, 0.25) is 11.8 Å². The molecule has 10 heteroatoms.